The van der Waals surface area contributed by atoms with Gasteiger partial charge in [-0.2, -0.15) is 30.7 Å². The second-order valence-electron chi connectivity index (χ2n) is 18.5. The van der Waals surface area contributed by atoms with Gasteiger partial charge in [0.25, 0.3) is 5.97 Å². The number of aliphatic carboxylic acids is 1. The number of hydrogen-bond donors (Lipinski definition) is 4. The number of carbonyl (C=O) groups is 7. The number of esters is 6. The molecule has 0 bridgehead atoms. The van der Waals surface area contributed by atoms with Gasteiger partial charge in [-0.15, -0.1) is 0 Å². The summed E-state index contributed by atoms with van der Waals surface area (Å²) in [4.78, 5) is 84.7. The Morgan fingerprint density at radius 3 is 0.982 bits per heavy atom. The van der Waals surface area contributed by atoms with E-state index < -0.39 is 118 Å². The zero-order valence-corrected chi connectivity index (χ0v) is 64.4. The van der Waals surface area contributed by atoms with Crippen molar-refractivity contribution in [3.05, 3.63) is 234 Å². The fraction of sp³-hybridized carbons (Fsp3) is 0.217. The SMILES string of the molecule is C.C.C.CC(=O)O.COC(=O)c1ccc(O)c(I)c1.COC(=O)c1ccc(O)cc1.ClI.O=C(Oc1c(F)c(F)c(F)c(F)c1F)C(F)(F)F.[C-]#N.[C-]#N.[C-]#[N+]c1cc(C(=O)OC)ccc1O.[C-]#[N+]c1cc(C(=O)OC)ccc1OC(C)C.[C-]#[N+]c1cc(C(=O)Oc2c(F)c(F)c(F)c(F)c2F)ccc1OC(C)C.[Cu+].[Na+]. The first-order valence-corrected chi connectivity index (χ1v) is 30.9. The minimum Gasteiger partial charge on any atom is -0.519 e. The number of ether oxygens (including phenoxy) is 8. The number of carbonyl (C=O) groups excluding carboxylic acids is 6. The second-order valence-corrected chi connectivity index (χ2v) is 19.7. The number of phenolic OH excluding ortho intramolecular Hbond substituents is 3. The van der Waals surface area contributed by atoms with Crippen LogP contribution in [-0.4, -0.2) is 109 Å². The number of alkyl halides is 3. The maximum atomic E-state index is 13.6. The van der Waals surface area contributed by atoms with Gasteiger partial charge in [0, 0.05) is 45.1 Å². The predicted molar refractivity (Wildman–Crippen MR) is 378 cm³/mol. The Hall–Kier alpha value is -10.4. The van der Waals surface area contributed by atoms with Crippen LogP contribution in [0, 0.1) is 105 Å². The van der Waals surface area contributed by atoms with E-state index in [1.54, 1.807) is 53.5 Å². The van der Waals surface area contributed by atoms with E-state index in [1.807, 2.05) is 36.4 Å². The van der Waals surface area contributed by atoms with Gasteiger partial charge in [0.05, 0.1) is 75.1 Å². The van der Waals surface area contributed by atoms with Crippen LogP contribution in [0.1, 0.15) is 109 Å². The molecule has 42 heteroatoms. The number of rotatable bonds is 11. The van der Waals surface area contributed by atoms with Gasteiger partial charge >= 0.3 is 88.6 Å². The Labute approximate surface area is 690 Å². The van der Waals surface area contributed by atoms with Gasteiger partial charge in [-0.1, -0.05) is 22.3 Å². The molecule has 7 rings (SSSR count). The average Bonchev–Trinajstić information content (AvgIpc) is 0.754. The molecule has 0 aliphatic rings. The molecule has 7 aromatic rings. The molecular weight excluding hydrogens is 1830 g/mol. The Kier molecular flexibility index (Phi) is 62.4. The molecule has 0 amide bonds. The number of aromatic hydroxyl groups is 3. The Morgan fingerprint density at radius 1 is 0.441 bits per heavy atom. The van der Waals surface area contributed by atoms with Crippen LogP contribution in [0.3, 0.4) is 0 Å². The van der Waals surface area contributed by atoms with Crippen LogP contribution < -0.4 is 48.5 Å². The van der Waals surface area contributed by atoms with Crippen molar-refractivity contribution >= 4 is 112 Å². The van der Waals surface area contributed by atoms with Crippen molar-refractivity contribution in [3.8, 4) is 40.2 Å². The third-order valence-corrected chi connectivity index (χ3v) is 11.5. The second kappa shape index (κ2) is 59.5. The van der Waals surface area contributed by atoms with Gasteiger partial charge in [0.2, 0.25) is 86.7 Å². The molecule has 600 valence electrons. The van der Waals surface area contributed by atoms with Crippen LogP contribution in [-0.2, 0) is 45.6 Å². The number of benzene rings is 7. The van der Waals surface area contributed by atoms with Crippen molar-refractivity contribution in [1.29, 1.82) is 10.5 Å². The summed E-state index contributed by atoms with van der Waals surface area (Å²) < 4.78 is 201. The molecular formula is C69H61ClCuF13I2N5NaO19. The molecule has 0 aliphatic heterocycles. The van der Waals surface area contributed by atoms with Crippen molar-refractivity contribution in [2.45, 2.75) is 75.3 Å². The molecule has 111 heavy (non-hydrogen) atoms. The molecule has 7 aromatic carbocycles. The average molecular weight is 1890 g/mol. The number of halogens is 16. The summed E-state index contributed by atoms with van der Waals surface area (Å²) >= 11 is 3.56. The van der Waals surface area contributed by atoms with Crippen LogP contribution in [0.2, 0.25) is 0 Å². The summed E-state index contributed by atoms with van der Waals surface area (Å²) in [5.41, 5.74) is 1.42. The van der Waals surface area contributed by atoms with Crippen molar-refractivity contribution in [2.75, 3.05) is 28.4 Å². The molecule has 0 unspecified atom stereocenters. The van der Waals surface area contributed by atoms with Gasteiger partial charge in [0.15, 0.2) is 0 Å². The van der Waals surface area contributed by atoms with E-state index in [0.29, 0.717) is 31.7 Å². The molecule has 0 fully saturated rings. The van der Waals surface area contributed by atoms with Gasteiger partial charge in [-0.3, -0.25) is 4.79 Å². The summed E-state index contributed by atoms with van der Waals surface area (Å²) in [6, 6.07) is 22.5. The smallest absolute Gasteiger partial charge is 0.519 e. The number of hydrogen-bond acceptors (Lipinski definition) is 20. The van der Waals surface area contributed by atoms with E-state index in [0.717, 1.165) is 19.1 Å². The molecule has 0 radical (unpaired) electrons. The van der Waals surface area contributed by atoms with E-state index in [1.165, 1.54) is 95.2 Å². The van der Waals surface area contributed by atoms with Gasteiger partial charge in [-0.25, -0.2) is 69.6 Å². The van der Waals surface area contributed by atoms with E-state index in [2.05, 4.69) is 51.9 Å². The van der Waals surface area contributed by atoms with Crippen LogP contribution >= 0.6 is 53.0 Å². The number of carboxylic acid groups (broad SMARTS) is 1. The van der Waals surface area contributed by atoms with Gasteiger partial charge in [-0.05, 0) is 156 Å². The van der Waals surface area contributed by atoms with Gasteiger partial charge < -0.3 is 82.0 Å². The molecule has 0 spiro atoms. The molecule has 4 N–H and O–H groups in total. The van der Waals surface area contributed by atoms with Crippen LogP contribution in [0.4, 0.5) is 74.1 Å². The fourth-order valence-corrected chi connectivity index (χ4v) is 6.78. The summed E-state index contributed by atoms with van der Waals surface area (Å²) in [5, 5.41) is 47.0. The normalized spacial score (nSPS) is 9.05. The first kappa shape index (κ1) is 116. The number of carboxylic acids is 1. The third kappa shape index (κ3) is 39.2. The van der Waals surface area contributed by atoms with E-state index in [4.69, 9.17) is 78.1 Å². The maximum Gasteiger partial charge on any atom is 1.00 e. The van der Waals surface area contributed by atoms with Crippen LogP contribution in [0.25, 0.3) is 14.5 Å². The Bertz CT molecular complexity index is 4330. The van der Waals surface area contributed by atoms with E-state index in [9.17, 15) is 85.8 Å². The quantitative estimate of drug-likeness (QED) is 0.0108. The third-order valence-electron chi connectivity index (χ3n) is 10.7. The number of methoxy groups -OCH3 is 4. The molecule has 0 saturated heterocycles. The topological polar surface area (TPSA) is 335 Å². The summed E-state index contributed by atoms with van der Waals surface area (Å²) in [5.74, 6) is -34.8. The van der Waals surface area contributed by atoms with Crippen molar-refractivity contribution in [3.63, 3.8) is 0 Å². The Morgan fingerprint density at radius 2 is 0.694 bits per heavy atom. The summed E-state index contributed by atoms with van der Waals surface area (Å²) in [7, 11) is 9.81. The summed E-state index contributed by atoms with van der Waals surface area (Å²) in [6.45, 7) is 38.5. The number of phenols is 3. The Balaban J connectivity index is -0.000000189. The molecule has 0 heterocycles. The minimum atomic E-state index is -5.65. The maximum absolute atomic E-state index is 13.6. The minimum absolute atomic E-state index is 0. The fourth-order valence-electron chi connectivity index (χ4n) is 6.26. The molecule has 0 aromatic heterocycles. The first-order valence-electron chi connectivity index (χ1n) is 27.1. The monoisotopic (exact) mass is 1890 g/mol. The van der Waals surface area contributed by atoms with E-state index >= 15 is 0 Å². The van der Waals surface area contributed by atoms with Gasteiger partial charge in [0.1, 0.15) is 28.7 Å². The van der Waals surface area contributed by atoms with Crippen molar-refractivity contribution in [2.24, 2.45) is 0 Å². The van der Waals surface area contributed by atoms with Crippen LogP contribution in [0.5, 0.6) is 40.2 Å². The molecule has 0 aliphatic carbocycles. The van der Waals surface area contributed by atoms with E-state index in [-0.39, 0.29) is 127 Å². The predicted octanol–water partition coefficient (Wildman–Crippen LogP) is 16.1. The molecule has 0 atom stereocenters. The summed E-state index contributed by atoms with van der Waals surface area (Å²) in [6.07, 6.45) is -5.92. The molecule has 0 saturated carbocycles. The molecule has 24 nitrogen and oxygen atoms in total. The van der Waals surface area contributed by atoms with Crippen LogP contribution in [0.15, 0.2) is 97.1 Å². The zero-order valence-electron chi connectivity index (χ0n) is 56.4. The largest absolute Gasteiger partial charge is 1.00 e. The van der Waals surface area contributed by atoms with Crippen molar-refractivity contribution in [1.82, 2.24) is 0 Å². The zero-order chi connectivity index (χ0) is 82.8. The first-order chi connectivity index (χ1) is 49.6. The number of nitrogens with zero attached hydrogens (tertiary/aromatic N) is 5. The van der Waals surface area contributed by atoms with Crippen molar-refractivity contribution < 1.29 is 196 Å². The standard InChI is InChI=1S/C17H10F5NO3.C12H13NO3.C9H7NO3.C8F8O2.C8H7IO3.C8H8O3.C2H4O2.2CN.3CH4.ClI.Cu.Na/c1-7(2)25-10-5-4-8(6-9(10)23-3)17(24)26-16-14(21)12(19)11(18)13(20)15(16)22;1-8(2)16-11-6-5-9(12(14)15-4)7-10(11)13-3;1-10-7-5-6(9(12)13-2)3-4-8(7)11;9-1-2(10)4(12)6(5(13)3(1)11)18-7(17)8(14,15)16;1-12-8(11)5-2-3-7(10)6(9)4-5;1-11-8(10)6-2-4-7(9)5-3-6;1-2(3)4;2*1-2;;;;1-2;;/h4-7H,1-2H3;5-8H,1-2,4H3;3-5,11H,2H3;;2-4,10H,1H3;2-5,9H,1H3;1H3,(H,3,4);;;3*1H4;;;/q;;;;;;;2*-1;;;;;2*+1.